The van der Waals surface area contributed by atoms with E-state index in [0.717, 1.165) is 86.7 Å². The number of guanidine groups is 1. The number of allylic oxidation sites excluding steroid dienone is 2. The Balaban J connectivity index is 1.10. The molecule has 348 valence electrons. The van der Waals surface area contributed by atoms with Gasteiger partial charge in [0.15, 0.2) is 17.5 Å². The highest BCUT2D eigenvalue weighted by atomic mass is 33.1. The smallest absolute Gasteiger partial charge is 0.302 e. The third-order valence-electron chi connectivity index (χ3n) is 15.7. The van der Waals surface area contributed by atoms with E-state index >= 15 is 0 Å². The van der Waals surface area contributed by atoms with Crippen LogP contribution in [0.15, 0.2) is 34.6 Å². The van der Waals surface area contributed by atoms with Gasteiger partial charge >= 0.3 is 5.97 Å². The predicted molar refractivity (Wildman–Crippen MR) is 253 cm³/mol. The Morgan fingerprint density at radius 1 is 0.984 bits per heavy atom. The summed E-state index contributed by atoms with van der Waals surface area (Å²) in [6.45, 7) is 3.34. The zero-order chi connectivity index (χ0) is 44.0. The van der Waals surface area contributed by atoms with Gasteiger partial charge in [-0.05, 0) is 132 Å². The second kappa shape index (κ2) is 20.5. The lowest BCUT2D eigenvalue weighted by Crippen LogP contribution is -2.55. The van der Waals surface area contributed by atoms with Crippen LogP contribution in [0.2, 0.25) is 0 Å². The summed E-state index contributed by atoms with van der Waals surface area (Å²) in [5.41, 5.74) is 16.8. The lowest BCUT2D eigenvalue weighted by atomic mass is 9.77. The Bertz CT molecular complexity index is 1900. The van der Waals surface area contributed by atoms with Crippen LogP contribution in [-0.4, -0.2) is 81.5 Å². The van der Waals surface area contributed by atoms with E-state index in [1.54, 1.807) is 0 Å². The van der Waals surface area contributed by atoms with Crippen LogP contribution in [0, 0.1) is 16.7 Å². The van der Waals surface area contributed by atoms with E-state index in [1.807, 2.05) is 32.6 Å². The molecule has 0 radical (unpaired) electrons. The summed E-state index contributed by atoms with van der Waals surface area (Å²) in [4.78, 5) is 33.5. The quantitative estimate of drug-likeness (QED) is 0.127. The molecule has 63 heavy (non-hydrogen) atoms. The fourth-order valence-electron chi connectivity index (χ4n) is 12.5. The molecule has 4 bridgehead atoms. The van der Waals surface area contributed by atoms with Crippen molar-refractivity contribution in [3.05, 3.63) is 46.3 Å². The minimum Gasteiger partial charge on any atom is -0.504 e. The maximum atomic E-state index is 14.3. The first-order valence-electron chi connectivity index (χ1n) is 24.4. The standard InChI is InChI=1S/C49H74N6O6S2/c1-33(56)60-39-15-13-36-27-37(44(59)45-40(36)16-14-35-10-8-12-41(35)61-45)31-55-32-47(30-43(55)58,29-34-17-23-52-42(50)26-34)22-24-53-46(51)54-49(21-9-20-48(49)18-5-6-19-48)63-62-25-7-3-2-4-11-38(57)28-39/h17,26-27,35,38-39,41,52,57,59H,2-16,18-25,28-32,50H2,1H3,(H3,51,53,54). The third kappa shape index (κ3) is 10.9. The molecule has 4 fully saturated rings. The monoisotopic (exact) mass is 907 g/mol. The summed E-state index contributed by atoms with van der Waals surface area (Å²) in [5.74, 6) is 3.02. The fraction of sp³-hybridized carbons (Fsp3) is 0.735. The van der Waals surface area contributed by atoms with Crippen molar-refractivity contribution in [2.24, 2.45) is 33.2 Å². The third-order valence-corrected chi connectivity index (χ3v) is 19.0. The second-order valence-electron chi connectivity index (χ2n) is 20.2. The van der Waals surface area contributed by atoms with Gasteiger partial charge in [-0.3, -0.25) is 14.6 Å². The number of hydrogen-bond donors (Lipinski definition) is 6. The molecule has 14 heteroatoms. The number of nitrogens with one attached hydrogen (secondary N) is 2. The molecule has 3 saturated carbocycles. The van der Waals surface area contributed by atoms with E-state index < -0.39 is 17.6 Å². The molecule has 1 aromatic rings. The van der Waals surface area contributed by atoms with Crippen LogP contribution in [0.4, 0.5) is 0 Å². The number of dihydropyridines is 1. The van der Waals surface area contributed by atoms with Crippen LogP contribution in [0.3, 0.4) is 0 Å². The molecule has 12 nitrogen and oxygen atoms in total. The number of aryl methyl sites for hydroxylation is 1. The molecule has 8 N–H and O–H groups in total. The lowest BCUT2D eigenvalue weighted by Gasteiger charge is -2.44. The van der Waals surface area contributed by atoms with E-state index in [4.69, 9.17) is 25.9 Å². The summed E-state index contributed by atoms with van der Waals surface area (Å²) >= 11 is 0. The minimum absolute atomic E-state index is 0.0482. The minimum atomic E-state index is -0.565. The Kier molecular flexibility index (Phi) is 15.1. The summed E-state index contributed by atoms with van der Waals surface area (Å²) in [6.07, 6.45) is 24.8. The molecular formula is C49H74N6O6S2. The SMILES string of the molecule is CC(=O)OC1CCc2cc(c(O)c3c2CCC2CCCC2O3)CN2CC(CC3=CCNC(N)=C3)(CCN=C(N)NC3(CCCC34CCCC4)SSCCCCCCC(O)C1)CC2=O. The number of phenolic OH excluding ortho intramolecular Hbond substituents is 1. The Hall–Kier alpha value is -3.23. The highest BCUT2D eigenvalue weighted by molar-refractivity contribution is 8.77. The number of hydrogen-bond acceptors (Lipinski definition) is 13. The van der Waals surface area contributed by atoms with Gasteiger partial charge in [0.25, 0.3) is 0 Å². The molecule has 1 aromatic carbocycles. The van der Waals surface area contributed by atoms with E-state index in [-0.39, 0.29) is 40.6 Å². The van der Waals surface area contributed by atoms with Crippen molar-refractivity contribution in [2.45, 2.75) is 184 Å². The van der Waals surface area contributed by atoms with Gasteiger partial charge in [0, 0.05) is 73.7 Å². The number of ether oxygens (including phenoxy) is 2. The average molecular weight is 907 g/mol. The van der Waals surface area contributed by atoms with Crippen molar-refractivity contribution >= 4 is 39.4 Å². The zero-order valence-corrected chi connectivity index (χ0v) is 39.4. The van der Waals surface area contributed by atoms with Crippen molar-refractivity contribution in [3.8, 4) is 11.5 Å². The molecule has 8 rings (SSSR count). The number of carbonyl (C=O) groups is 2. The Labute approximate surface area is 383 Å². The second-order valence-corrected chi connectivity index (χ2v) is 22.9. The van der Waals surface area contributed by atoms with Gasteiger partial charge in [-0.1, -0.05) is 59.8 Å². The molecule has 1 amide bonds. The van der Waals surface area contributed by atoms with Gasteiger partial charge in [0.1, 0.15) is 17.1 Å². The number of aliphatic hydroxyl groups is 1. The topological polar surface area (TPSA) is 185 Å². The molecule has 1 saturated heterocycles. The van der Waals surface area contributed by atoms with Gasteiger partial charge in [-0.25, -0.2) is 0 Å². The summed E-state index contributed by atoms with van der Waals surface area (Å²) in [5, 5.41) is 30.4. The first-order chi connectivity index (χ1) is 30.4. The van der Waals surface area contributed by atoms with Gasteiger partial charge in [-0.15, -0.1) is 0 Å². The van der Waals surface area contributed by atoms with E-state index in [2.05, 4.69) is 22.8 Å². The van der Waals surface area contributed by atoms with E-state index in [0.29, 0.717) is 93.6 Å². The highest BCUT2D eigenvalue weighted by Gasteiger charge is 2.57. The van der Waals surface area contributed by atoms with Gasteiger partial charge in [-0.2, -0.15) is 0 Å². The van der Waals surface area contributed by atoms with Crippen molar-refractivity contribution < 1.29 is 29.3 Å². The zero-order valence-electron chi connectivity index (χ0n) is 37.7. The molecule has 6 atom stereocenters. The van der Waals surface area contributed by atoms with E-state index in [1.165, 1.54) is 45.4 Å². The van der Waals surface area contributed by atoms with Crippen LogP contribution in [0.25, 0.3) is 0 Å². The van der Waals surface area contributed by atoms with Crippen molar-refractivity contribution in [3.63, 3.8) is 0 Å². The van der Waals surface area contributed by atoms with Crippen molar-refractivity contribution in [2.75, 3.05) is 25.4 Å². The number of rotatable bonds is 3. The largest absolute Gasteiger partial charge is 0.504 e. The highest BCUT2D eigenvalue weighted by Crippen LogP contribution is 2.63. The molecule has 4 heterocycles. The molecular weight excluding hydrogens is 833 g/mol. The van der Waals surface area contributed by atoms with Crippen LogP contribution < -0.4 is 26.8 Å². The van der Waals surface area contributed by atoms with E-state index in [9.17, 15) is 19.8 Å². The number of esters is 1. The predicted octanol–water partition coefficient (Wildman–Crippen LogP) is 8.02. The molecule has 0 aromatic heterocycles. The number of carbonyl (C=O) groups excluding carboxylic acids is 2. The van der Waals surface area contributed by atoms with Crippen molar-refractivity contribution in [1.82, 2.24) is 15.5 Å². The molecule has 2 spiro atoms. The summed E-state index contributed by atoms with van der Waals surface area (Å²) in [7, 11) is 3.96. The van der Waals surface area contributed by atoms with Crippen LogP contribution >= 0.6 is 21.6 Å². The number of benzene rings is 1. The lowest BCUT2D eigenvalue weighted by molar-refractivity contribution is -0.148. The molecule has 7 aliphatic rings. The van der Waals surface area contributed by atoms with Crippen LogP contribution in [0.1, 0.15) is 158 Å². The van der Waals surface area contributed by atoms with Gasteiger partial charge < -0.3 is 46.7 Å². The van der Waals surface area contributed by atoms with Crippen molar-refractivity contribution in [1.29, 1.82) is 0 Å². The van der Waals surface area contributed by atoms with Crippen LogP contribution in [0.5, 0.6) is 11.5 Å². The normalized spacial score (nSPS) is 32.3. The maximum absolute atomic E-state index is 14.3. The molecule has 4 aliphatic heterocycles. The number of aliphatic imine (C=N–C) groups is 1. The number of phenols is 1. The number of aliphatic hydroxyl groups excluding tert-OH is 1. The number of nitrogens with zero attached hydrogens (tertiary/aromatic N) is 2. The summed E-state index contributed by atoms with van der Waals surface area (Å²) < 4.78 is 12.6. The Morgan fingerprint density at radius 2 is 1.81 bits per heavy atom. The number of nitrogens with two attached hydrogens (primary N) is 2. The maximum Gasteiger partial charge on any atom is 0.302 e. The number of amides is 1. The number of fused-ring (bicyclic) bond motifs is 8. The number of aromatic hydroxyl groups is 1. The first kappa shape index (κ1) is 46.3. The first-order valence-corrected chi connectivity index (χ1v) is 26.7. The van der Waals surface area contributed by atoms with Gasteiger partial charge in [0.2, 0.25) is 5.91 Å². The fourth-order valence-corrected chi connectivity index (χ4v) is 16.0. The van der Waals surface area contributed by atoms with Crippen LogP contribution in [-0.2, 0) is 33.7 Å². The van der Waals surface area contributed by atoms with Gasteiger partial charge in [0.05, 0.1) is 11.9 Å². The molecule has 6 unspecified atom stereocenters. The Morgan fingerprint density at radius 3 is 2.63 bits per heavy atom. The summed E-state index contributed by atoms with van der Waals surface area (Å²) in [6, 6.07) is 2.07. The average Bonchev–Trinajstić information content (AvgIpc) is 4.02. The molecule has 3 aliphatic carbocycles.